The maximum absolute atomic E-state index is 5.76. The standard InChI is InChI=1S/C13H26N4.HI/c1-10(2)9-16-13(14)15-7-8-17(11(3)4)12-5-6-12;/h11-12H,1,5-9H2,2-4H3,(H3,14,15,16);1H. The van der Waals surface area contributed by atoms with Crippen LogP contribution < -0.4 is 11.1 Å². The van der Waals surface area contributed by atoms with Gasteiger partial charge in [-0.25, -0.2) is 4.99 Å². The highest BCUT2D eigenvalue weighted by Gasteiger charge is 2.29. The van der Waals surface area contributed by atoms with E-state index >= 15 is 0 Å². The molecule has 0 saturated heterocycles. The lowest BCUT2D eigenvalue weighted by atomic mass is 10.3. The Kier molecular flexibility index (Phi) is 8.60. The smallest absolute Gasteiger partial charge is 0.188 e. The Morgan fingerprint density at radius 1 is 1.50 bits per heavy atom. The van der Waals surface area contributed by atoms with Crippen LogP contribution in [0.5, 0.6) is 0 Å². The molecule has 0 atom stereocenters. The van der Waals surface area contributed by atoms with Crippen molar-refractivity contribution >= 4 is 29.9 Å². The molecule has 0 aliphatic heterocycles. The molecule has 0 spiro atoms. The van der Waals surface area contributed by atoms with E-state index in [1.54, 1.807) is 0 Å². The second kappa shape index (κ2) is 8.74. The van der Waals surface area contributed by atoms with Gasteiger partial charge in [-0.1, -0.05) is 12.2 Å². The van der Waals surface area contributed by atoms with Gasteiger partial charge in [-0.05, 0) is 33.6 Å². The van der Waals surface area contributed by atoms with Crippen molar-refractivity contribution in [1.82, 2.24) is 10.2 Å². The molecule has 0 heterocycles. The first kappa shape index (κ1) is 17.7. The molecule has 0 aromatic carbocycles. The lowest BCUT2D eigenvalue weighted by molar-refractivity contribution is 0.215. The Bertz CT molecular complexity index is 283. The van der Waals surface area contributed by atoms with Gasteiger partial charge in [0.1, 0.15) is 0 Å². The van der Waals surface area contributed by atoms with Crippen LogP contribution in [-0.2, 0) is 0 Å². The molecule has 1 aliphatic carbocycles. The highest BCUT2D eigenvalue weighted by molar-refractivity contribution is 14.0. The molecule has 5 heteroatoms. The number of guanidine groups is 1. The van der Waals surface area contributed by atoms with Gasteiger partial charge in [-0.3, -0.25) is 4.90 Å². The van der Waals surface area contributed by atoms with E-state index in [0.717, 1.165) is 24.7 Å². The van der Waals surface area contributed by atoms with Crippen LogP contribution in [0, 0.1) is 0 Å². The molecule has 0 unspecified atom stereocenters. The second-order valence-corrected chi connectivity index (χ2v) is 5.15. The van der Waals surface area contributed by atoms with Crippen molar-refractivity contribution in [2.45, 2.75) is 45.7 Å². The molecule has 18 heavy (non-hydrogen) atoms. The van der Waals surface area contributed by atoms with Crippen molar-refractivity contribution in [1.29, 1.82) is 0 Å². The molecule has 1 rings (SSSR count). The van der Waals surface area contributed by atoms with Gasteiger partial charge in [0, 0.05) is 25.2 Å². The Morgan fingerprint density at radius 3 is 2.56 bits per heavy atom. The summed E-state index contributed by atoms with van der Waals surface area (Å²) in [6.45, 7) is 12.7. The summed E-state index contributed by atoms with van der Waals surface area (Å²) in [6.07, 6.45) is 2.69. The van der Waals surface area contributed by atoms with E-state index in [-0.39, 0.29) is 24.0 Å². The van der Waals surface area contributed by atoms with E-state index < -0.39 is 0 Å². The molecule has 0 bridgehead atoms. The third-order valence-electron chi connectivity index (χ3n) is 2.87. The average Bonchev–Trinajstić information content (AvgIpc) is 3.04. The number of rotatable bonds is 7. The highest BCUT2D eigenvalue weighted by Crippen LogP contribution is 2.27. The molecule has 0 aromatic heterocycles. The van der Waals surface area contributed by atoms with Crippen LogP contribution >= 0.6 is 24.0 Å². The zero-order chi connectivity index (χ0) is 12.8. The van der Waals surface area contributed by atoms with Gasteiger partial charge in [0.05, 0.1) is 6.54 Å². The summed E-state index contributed by atoms with van der Waals surface area (Å²) < 4.78 is 0. The Hall–Kier alpha value is -0.300. The van der Waals surface area contributed by atoms with E-state index in [9.17, 15) is 0 Å². The first-order valence-corrected chi connectivity index (χ1v) is 6.44. The maximum atomic E-state index is 5.76. The predicted octanol–water partition coefficient (Wildman–Crippen LogP) is 1.96. The second-order valence-electron chi connectivity index (χ2n) is 5.15. The van der Waals surface area contributed by atoms with Crippen LogP contribution in [0.4, 0.5) is 0 Å². The minimum absolute atomic E-state index is 0. The lowest BCUT2D eigenvalue weighted by Gasteiger charge is -2.26. The summed E-state index contributed by atoms with van der Waals surface area (Å²) in [5, 5.41) is 3.15. The lowest BCUT2D eigenvalue weighted by Crippen LogP contribution is -2.42. The first-order valence-electron chi connectivity index (χ1n) is 6.44. The average molecular weight is 366 g/mol. The largest absolute Gasteiger partial charge is 0.370 e. The fourth-order valence-corrected chi connectivity index (χ4v) is 1.86. The SMILES string of the molecule is C=C(C)CN=C(N)NCCN(C(C)C)C1CC1.I. The summed E-state index contributed by atoms with van der Waals surface area (Å²) in [5.41, 5.74) is 6.78. The van der Waals surface area contributed by atoms with Crippen LogP contribution in [-0.4, -0.2) is 42.6 Å². The molecule has 0 aromatic rings. The van der Waals surface area contributed by atoms with Gasteiger partial charge in [-0.2, -0.15) is 0 Å². The zero-order valence-corrected chi connectivity index (χ0v) is 14.1. The number of nitrogens with two attached hydrogens (primary N) is 1. The van der Waals surface area contributed by atoms with Gasteiger partial charge in [0.2, 0.25) is 0 Å². The minimum atomic E-state index is 0. The van der Waals surface area contributed by atoms with Crippen molar-refractivity contribution in [2.75, 3.05) is 19.6 Å². The number of hydrogen-bond donors (Lipinski definition) is 2. The van der Waals surface area contributed by atoms with Crippen LogP contribution in [0.3, 0.4) is 0 Å². The van der Waals surface area contributed by atoms with Gasteiger partial charge < -0.3 is 11.1 Å². The molecular formula is C13H27IN4. The van der Waals surface area contributed by atoms with E-state index in [1.165, 1.54) is 12.8 Å². The van der Waals surface area contributed by atoms with Crippen LogP contribution in [0.1, 0.15) is 33.6 Å². The monoisotopic (exact) mass is 366 g/mol. The topological polar surface area (TPSA) is 53.6 Å². The molecular weight excluding hydrogens is 339 g/mol. The van der Waals surface area contributed by atoms with Gasteiger partial charge in [0.25, 0.3) is 0 Å². The summed E-state index contributed by atoms with van der Waals surface area (Å²) in [4.78, 5) is 6.72. The van der Waals surface area contributed by atoms with Crippen molar-refractivity contribution in [2.24, 2.45) is 10.7 Å². The molecule has 0 radical (unpaired) electrons. The number of hydrogen-bond acceptors (Lipinski definition) is 2. The summed E-state index contributed by atoms with van der Waals surface area (Å²) in [6, 6.07) is 1.41. The molecule has 106 valence electrons. The zero-order valence-electron chi connectivity index (χ0n) is 11.8. The van der Waals surface area contributed by atoms with Gasteiger partial charge >= 0.3 is 0 Å². The fourth-order valence-electron chi connectivity index (χ4n) is 1.86. The number of halogens is 1. The van der Waals surface area contributed by atoms with E-state index in [2.05, 4.69) is 35.6 Å². The number of nitrogens with zero attached hydrogens (tertiary/aromatic N) is 2. The quantitative estimate of drug-likeness (QED) is 0.314. The van der Waals surface area contributed by atoms with E-state index in [4.69, 9.17) is 5.73 Å². The van der Waals surface area contributed by atoms with Gasteiger partial charge in [0.15, 0.2) is 5.96 Å². The van der Waals surface area contributed by atoms with Crippen molar-refractivity contribution in [3.05, 3.63) is 12.2 Å². The first-order chi connectivity index (χ1) is 8.00. The Balaban J connectivity index is 0.00000289. The highest BCUT2D eigenvalue weighted by atomic mass is 127. The molecule has 1 fully saturated rings. The normalized spacial score (nSPS) is 15.7. The molecule has 3 N–H and O–H groups in total. The summed E-state index contributed by atoms with van der Waals surface area (Å²) in [7, 11) is 0. The van der Waals surface area contributed by atoms with E-state index in [0.29, 0.717) is 18.5 Å². The van der Waals surface area contributed by atoms with E-state index in [1.807, 2.05) is 6.92 Å². The van der Waals surface area contributed by atoms with Crippen LogP contribution in [0.15, 0.2) is 17.1 Å². The maximum Gasteiger partial charge on any atom is 0.188 e. The summed E-state index contributed by atoms with van der Waals surface area (Å²) >= 11 is 0. The van der Waals surface area contributed by atoms with Gasteiger partial charge in [-0.15, -0.1) is 24.0 Å². The Labute approximate surface area is 128 Å². The number of aliphatic imine (C=N–C) groups is 1. The molecule has 4 nitrogen and oxygen atoms in total. The molecule has 1 saturated carbocycles. The molecule has 0 amide bonds. The van der Waals surface area contributed by atoms with Crippen molar-refractivity contribution in [3.8, 4) is 0 Å². The van der Waals surface area contributed by atoms with Crippen LogP contribution in [0.25, 0.3) is 0 Å². The van der Waals surface area contributed by atoms with Crippen molar-refractivity contribution < 1.29 is 0 Å². The fraction of sp³-hybridized carbons (Fsp3) is 0.769. The van der Waals surface area contributed by atoms with Crippen molar-refractivity contribution in [3.63, 3.8) is 0 Å². The number of nitrogens with one attached hydrogen (secondary N) is 1. The minimum Gasteiger partial charge on any atom is -0.370 e. The predicted molar refractivity (Wildman–Crippen MR) is 89.6 cm³/mol. The molecule has 1 aliphatic rings. The third-order valence-corrected chi connectivity index (χ3v) is 2.87. The van der Waals surface area contributed by atoms with Crippen LogP contribution in [0.2, 0.25) is 0 Å². The Morgan fingerprint density at radius 2 is 2.11 bits per heavy atom. The summed E-state index contributed by atoms with van der Waals surface area (Å²) in [5.74, 6) is 0.521. The third kappa shape index (κ3) is 7.20.